The van der Waals surface area contributed by atoms with E-state index in [0.29, 0.717) is 6.04 Å². The van der Waals surface area contributed by atoms with Crippen molar-refractivity contribution in [1.82, 2.24) is 20.1 Å². The normalized spacial score (nSPS) is 23.8. The third-order valence-corrected chi connectivity index (χ3v) is 4.38. The number of hydrogen-bond donors (Lipinski definition) is 2. The number of nitrogens with one attached hydrogen (secondary N) is 1. The summed E-state index contributed by atoms with van der Waals surface area (Å²) in [7, 11) is 4.12. The van der Waals surface area contributed by atoms with E-state index in [2.05, 4.69) is 28.7 Å². The fourth-order valence-electron chi connectivity index (χ4n) is 2.27. The third-order valence-electron chi connectivity index (χ3n) is 3.34. The molecule has 6 heteroatoms. The molecule has 96 valence electrons. The van der Waals surface area contributed by atoms with Crippen LogP contribution in [0.5, 0.6) is 0 Å². The SMILES string of the molecule is CN1CCSCC1C(Cc1cnn(C)c1)NN. The molecule has 0 spiro atoms. The Hall–Kier alpha value is -0.560. The lowest BCUT2D eigenvalue weighted by Gasteiger charge is -2.37. The van der Waals surface area contributed by atoms with Crippen LogP contribution in [0.25, 0.3) is 0 Å². The zero-order chi connectivity index (χ0) is 12.3. The number of aryl methyl sites for hydroxylation is 1. The summed E-state index contributed by atoms with van der Waals surface area (Å²) in [6, 6.07) is 0.788. The summed E-state index contributed by atoms with van der Waals surface area (Å²) in [5.74, 6) is 8.07. The molecule has 0 aromatic carbocycles. The number of hydrogen-bond acceptors (Lipinski definition) is 5. The van der Waals surface area contributed by atoms with E-state index in [1.54, 1.807) is 0 Å². The van der Waals surface area contributed by atoms with Crippen molar-refractivity contribution in [1.29, 1.82) is 0 Å². The van der Waals surface area contributed by atoms with E-state index in [1.807, 2.05) is 29.7 Å². The van der Waals surface area contributed by atoms with E-state index in [-0.39, 0.29) is 6.04 Å². The number of nitrogens with zero attached hydrogens (tertiary/aromatic N) is 3. The van der Waals surface area contributed by atoms with Gasteiger partial charge >= 0.3 is 0 Å². The molecule has 1 aliphatic rings. The van der Waals surface area contributed by atoms with Crippen LogP contribution in [-0.2, 0) is 13.5 Å². The molecule has 0 aliphatic carbocycles. The van der Waals surface area contributed by atoms with Crippen molar-refractivity contribution < 1.29 is 0 Å². The number of hydrazine groups is 1. The number of nitrogens with two attached hydrogens (primary N) is 1. The standard InChI is InChI=1S/C11H21N5S/c1-15-3-4-17-8-11(15)10(14-12)5-9-6-13-16(2)7-9/h6-7,10-11,14H,3-5,8,12H2,1-2H3. The van der Waals surface area contributed by atoms with Crippen molar-refractivity contribution >= 4 is 11.8 Å². The van der Waals surface area contributed by atoms with Gasteiger partial charge in [0.2, 0.25) is 0 Å². The predicted molar refractivity (Wildman–Crippen MR) is 71.8 cm³/mol. The van der Waals surface area contributed by atoms with Crippen molar-refractivity contribution in [2.24, 2.45) is 12.9 Å². The Bertz CT molecular complexity index is 353. The van der Waals surface area contributed by atoms with Gasteiger partial charge in [0.05, 0.1) is 6.20 Å². The minimum atomic E-state index is 0.289. The molecule has 2 atom stereocenters. The number of aromatic nitrogens is 2. The first kappa shape index (κ1) is 12.9. The van der Waals surface area contributed by atoms with Crippen LogP contribution in [0.4, 0.5) is 0 Å². The van der Waals surface area contributed by atoms with Gasteiger partial charge in [-0.15, -0.1) is 0 Å². The molecule has 2 unspecified atom stereocenters. The zero-order valence-electron chi connectivity index (χ0n) is 10.5. The van der Waals surface area contributed by atoms with Crippen LogP contribution in [0, 0.1) is 0 Å². The zero-order valence-corrected chi connectivity index (χ0v) is 11.3. The molecule has 2 rings (SSSR count). The summed E-state index contributed by atoms with van der Waals surface area (Å²) in [4.78, 5) is 2.40. The van der Waals surface area contributed by atoms with Gasteiger partial charge in [0.25, 0.3) is 0 Å². The molecule has 2 heterocycles. The molecule has 5 nitrogen and oxygen atoms in total. The number of thioether (sulfide) groups is 1. The summed E-state index contributed by atoms with van der Waals surface area (Å²) in [5.41, 5.74) is 4.20. The Morgan fingerprint density at radius 3 is 3.06 bits per heavy atom. The van der Waals surface area contributed by atoms with Gasteiger partial charge < -0.3 is 4.90 Å². The first-order valence-corrected chi connectivity index (χ1v) is 7.08. The van der Waals surface area contributed by atoms with Crippen LogP contribution in [-0.4, -0.2) is 51.9 Å². The van der Waals surface area contributed by atoms with Crippen molar-refractivity contribution in [3.63, 3.8) is 0 Å². The van der Waals surface area contributed by atoms with Gasteiger partial charge in [-0.25, -0.2) is 0 Å². The smallest absolute Gasteiger partial charge is 0.0522 e. The molecule has 0 radical (unpaired) electrons. The first-order chi connectivity index (χ1) is 8.20. The van der Waals surface area contributed by atoms with Crippen LogP contribution in [0.15, 0.2) is 12.4 Å². The van der Waals surface area contributed by atoms with Crippen LogP contribution < -0.4 is 11.3 Å². The summed E-state index contributed by atoms with van der Waals surface area (Å²) < 4.78 is 1.84. The molecule has 1 aromatic rings. The Labute approximate surface area is 107 Å². The van der Waals surface area contributed by atoms with E-state index in [0.717, 1.165) is 18.7 Å². The van der Waals surface area contributed by atoms with Gasteiger partial charge in [-0.3, -0.25) is 16.0 Å². The second-order valence-corrected chi connectivity index (χ2v) is 5.77. The van der Waals surface area contributed by atoms with Gasteiger partial charge in [-0.2, -0.15) is 16.9 Å². The van der Waals surface area contributed by atoms with Gasteiger partial charge in [-0.1, -0.05) is 0 Å². The predicted octanol–water partition coefficient (Wildman–Crippen LogP) is -0.158. The molecular formula is C11H21N5S. The Morgan fingerprint density at radius 1 is 1.65 bits per heavy atom. The summed E-state index contributed by atoms with van der Waals surface area (Å²) in [6.07, 6.45) is 4.90. The molecule has 1 saturated heterocycles. The molecule has 1 aliphatic heterocycles. The van der Waals surface area contributed by atoms with Crippen molar-refractivity contribution in [2.45, 2.75) is 18.5 Å². The molecular weight excluding hydrogens is 234 g/mol. The fraction of sp³-hybridized carbons (Fsp3) is 0.727. The number of likely N-dealkylation sites (N-methyl/N-ethyl adjacent to an activating group) is 1. The maximum absolute atomic E-state index is 5.71. The van der Waals surface area contributed by atoms with Crippen LogP contribution >= 0.6 is 11.8 Å². The molecule has 3 N–H and O–H groups in total. The third kappa shape index (κ3) is 3.22. The minimum absolute atomic E-state index is 0.289. The Kier molecular flexibility index (Phi) is 4.44. The van der Waals surface area contributed by atoms with Gasteiger partial charge in [0.1, 0.15) is 0 Å². The van der Waals surface area contributed by atoms with Crippen molar-refractivity contribution in [2.75, 3.05) is 25.1 Å². The second kappa shape index (κ2) is 5.86. The molecule has 0 saturated carbocycles. The largest absolute Gasteiger partial charge is 0.300 e. The second-order valence-electron chi connectivity index (χ2n) is 4.62. The van der Waals surface area contributed by atoms with Gasteiger partial charge in [0.15, 0.2) is 0 Å². The maximum atomic E-state index is 5.71. The Balaban J connectivity index is 2.00. The van der Waals surface area contributed by atoms with Crippen LogP contribution in [0.2, 0.25) is 0 Å². The molecule has 1 aromatic heterocycles. The monoisotopic (exact) mass is 255 g/mol. The molecule has 1 fully saturated rings. The fourth-order valence-corrected chi connectivity index (χ4v) is 3.58. The summed E-state index contributed by atoms with van der Waals surface area (Å²) in [5, 5.41) is 4.20. The lowest BCUT2D eigenvalue weighted by molar-refractivity contribution is 0.214. The summed E-state index contributed by atoms with van der Waals surface area (Å²) in [6.45, 7) is 1.14. The van der Waals surface area contributed by atoms with Crippen molar-refractivity contribution in [3.8, 4) is 0 Å². The van der Waals surface area contributed by atoms with Crippen molar-refractivity contribution in [3.05, 3.63) is 18.0 Å². The first-order valence-electron chi connectivity index (χ1n) is 5.92. The minimum Gasteiger partial charge on any atom is -0.300 e. The van der Waals surface area contributed by atoms with E-state index >= 15 is 0 Å². The van der Waals surface area contributed by atoms with E-state index < -0.39 is 0 Å². The highest BCUT2D eigenvalue weighted by Crippen LogP contribution is 2.19. The molecule has 17 heavy (non-hydrogen) atoms. The highest BCUT2D eigenvalue weighted by Gasteiger charge is 2.27. The van der Waals surface area contributed by atoms with E-state index in [1.165, 1.54) is 11.3 Å². The highest BCUT2D eigenvalue weighted by atomic mass is 32.2. The maximum Gasteiger partial charge on any atom is 0.0522 e. The highest BCUT2D eigenvalue weighted by molar-refractivity contribution is 7.99. The summed E-state index contributed by atoms with van der Waals surface area (Å²) >= 11 is 2.01. The lowest BCUT2D eigenvalue weighted by Crippen LogP contribution is -2.55. The molecule has 0 bridgehead atoms. The van der Waals surface area contributed by atoms with Crippen LogP contribution in [0.3, 0.4) is 0 Å². The average molecular weight is 255 g/mol. The number of rotatable bonds is 4. The molecule has 0 amide bonds. The van der Waals surface area contributed by atoms with Gasteiger partial charge in [0, 0.05) is 43.4 Å². The topological polar surface area (TPSA) is 59.1 Å². The van der Waals surface area contributed by atoms with Crippen LogP contribution in [0.1, 0.15) is 5.56 Å². The quantitative estimate of drug-likeness (QED) is 0.578. The Morgan fingerprint density at radius 2 is 2.47 bits per heavy atom. The van der Waals surface area contributed by atoms with Gasteiger partial charge in [-0.05, 0) is 19.0 Å². The van der Waals surface area contributed by atoms with E-state index in [9.17, 15) is 0 Å². The average Bonchev–Trinajstić information content (AvgIpc) is 2.73. The van der Waals surface area contributed by atoms with E-state index in [4.69, 9.17) is 5.84 Å². The lowest BCUT2D eigenvalue weighted by atomic mass is 10.0.